The van der Waals surface area contributed by atoms with Gasteiger partial charge in [-0.3, -0.25) is 4.79 Å². The molecule has 2 heterocycles. The van der Waals surface area contributed by atoms with Gasteiger partial charge >= 0.3 is 0 Å². The van der Waals surface area contributed by atoms with Crippen LogP contribution in [0.2, 0.25) is 0 Å². The van der Waals surface area contributed by atoms with Crippen molar-refractivity contribution in [1.29, 1.82) is 0 Å². The van der Waals surface area contributed by atoms with Crippen LogP contribution in [0.4, 0.5) is 0 Å². The fourth-order valence-corrected chi connectivity index (χ4v) is 3.70. The van der Waals surface area contributed by atoms with E-state index in [0.717, 1.165) is 24.1 Å². The summed E-state index contributed by atoms with van der Waals surface area (Å²) in [5.74, 6) is 0.244. The molecule has 1 atom stereocenters. The van der Waals surface area contributed by atoms with Gasteiger partial charge in [0.1, 0.15) is 0 Å². The molecule has 5 heteroatoms. The second-order valence-electron chi connectivity index (χ2n) is 6.98. The third-order valence-corrected chi connectivity index (χ3v) is 5.30. The molecule has 3 aromatic rings. The molecule has 1 fully saturated rings. The number of rotatable bonds is 4. The molecular formula is C22H23N3O2. The smallest absolute Gasteiger partial charge is 0.253 e. The minimum atomic E-state index is -0.461. The first-order valence-corrected chi connectivity index (χ1v) is 9.35. The van der Waals surface area contributed by atoms with Gasteiger partial charge in [-0.15, -0.1) is 0 Å². The summed E-state index contributed by atoms with van der Waals surface area (Å²) < 4.78 is 1.77. The van der Waals surface area contributed by atoms with Crippen LogP contribution in [0.1, 0.15) is 34.9 Å². The zero-order valence-electron chi connectivity index (χ0n) is 15.1. The van der Waals surface area contributed by atoms with E-state index in [1.165, 1.54) is 0 Å². The molecule has 0 aliphatic carbocycles. The molecule has 1 aliphatic heterocycles. The molecule has 1 N–H and O–H groups in total. The molecule has 2 aromatic carbocycles. The number of hydrogen-bond donors (Lipinski definition) is 1. The standard InChI is InChI=1S/C22H23N3O2/c26-21(17-5-2-1-3-6-17)18-11-15-24(16-12-18)22(27)19-7-9-20(10-8-19)25-14-4-13-23-25/h1-10,13-14,18,21,26H,11-12,15-16H2. The maximum absolute atomic E-state index is 12.8. The number of aromatic nitrogens is 2. The largest absolute Gasteiger partial charge is 0.388 e. The summed E-state index contributed by atoms with van der Waals surface area (Å²) in [6.07, 6.45) is 4.77. The molecule has 1 aromatic heterocycles. The van der Waals surface area contributed by atoms with Gasteiger partial charge in [0.25, 0.3) is 5.91 Å². The maximum Gasteiger partial charge on any atom is 0.253 e. The van der Waals surface area contributed by atoms with Crippen molar-refractivity contribution >= 4 is 5.91 Å². The minimum absolute atomic E-state index is 0.0506. The quantitative estimate of drug-likeness (QED) is 0.774. The number of hydrogen-bond acceptors (Lipinski definition) is 3. The molecule has 138 valence electrons. The molecule has 0 bridgehead atoms. The lowest BCUT2D eigenvalue weighted by molar-refractivity contribution is 0.0462. The Bertz CT molecular complexity index is 868. The number of carbonyl (C=O) groups is 1. The summed E-state index contributed by atoms with van der Waals surface area (Å²) in [4.78, 5) is 14.7. The molecular weight excluding hydrogens is 338 g/mol. The maximum atomic E-state index is 12.8. The normalized spacial score (nSPS) is 16.3. The van der Waals surface area contributed by atoms with E-state index < -0.39 is 6.10 Å². The van der Waals surface area contributed by atoms with Crippen LogP contribution in [-0.4, -0.2) is 38.8 Å². The number of piperidine rings is 1. The van der Waals surface area contributed by atoms with Gasteiger partial charge in [-0.25, -0.2) is 4.68 Å². The summed E-state index contributed by atoms with van der Waals surface area (Å²) in [5.41, 5.74) is 2.57. The lowest BCUT2D eigenvalue weighted by Crippen LogP contribution is -2.39. The van der Waals surface area contributed by atoms with Crippen molar-refractivity contribution in [2.75, 3.05) is 13.1 Å². The van der Waals surface area contributed by atoms with Crippen molar-refractivity contribution in [3.8, 4) is 5.69 Å². The number of carbonyl (C=O) groups excluding carboxylic acids is 1. The predicted octanol–water partition coefficient (Wildman–Crippen LogP) is 3.46. The Hall–Kier alpha value is -2.92. The SMILES string of the molecule is O=C(c1ccc(-n2cccn2)cc1)N1CCC(C(O)c2ccccc2)CC1. The average Bonchev–Trinajstić information content (AvgIpc) is 3.28. The fraction of sp³-hybridized carbons (Fsp3) is 0.273. The number of amides is 1. The van der Waals surface area contributed by atoms with Crippen molar-refractivity contribution in [3.05, 3.63) is 84.2 Å². The summed E-state index contributed by atoms with van der Waals surface area (Å²) in [6.45, 7) is 1.35. The van der Waals surface area contributed by atoms with E-state index in [9.17, 15) is 9.90 Å². The third kappa shape index (κ3) is 3.78. The van der Waals surface area contributed by atoms with Gasteiger partial charge in [0.15, 0.2) is 0 Å². The number of aliphatic hydroxyl groups is 1. The molecule has 4 rings (SSSR count). The van der Waals surface area contributed by atoms with Crippen molar-refractivity contribution in [2.24, 2.45) is 5.92 Å². The van der Waals surface area contributed by atoms with Gasteiger partial charge in [0.2, 0.25) is 0 Å². The van der Waals surface area contributed by atoms with E-state index in [1.807, 2.05) is 71.8 Å². The first-order valence-electron chi connectivity index (χ1n) is 9.35. The summed E-state index contributed by atoms with van der Waals surface area (Å²) in [5, 5.41) is 14.8. The Labute approximate surface area is 158 Å². The Morgan fingerprint density at radius 2 is 1.70 bits per heavy atom. The van der Waals surface area contributed by atoms with Crippen molar-refractivity contribution in [2.45, 2.75) is 18.9 Å². The number of aliphatic hydroxyl groups excluding tert-OH is 1. The molecule has 0 spiro atoms. The van der Waals surface area contributed by atoms with Crippen LogP contribution < -0.4 is 0 Å². The van der Waals surface area contributed by atoms with Crippen LogP contribution in [0, 0.1) is 5.92 Å². The predicted molar refractivity (Wildman–Crippen MR) is 104 cm³/mol. The van der Waals surface area contributed by atoms with E-state index in [1.54, 1.807) is 10.9 Å². The fourth-order valence-electron chi connectivity index (χ4n) is 3.70. The van der Waals surface area contributed by atoms with Crippen molar-refractivity contribution in [1.82, 2.24) is 14.7 Å². The Balaban J connectivity index is 1.37. The van der Waals surface area contributed by atoms with E-state index >= 15 is 0 Å². The monoisotopic (exact) mass is 361 g/mol. The Morgan fingerprint density at radius 3 is 2.33 bits per heavy atom. The molecule has 1 amide bonds. The van der Waals surface area contributed by atoms with Crippen LogP contribution in [0.25, 0.3) is 5.69 Å². The zero-order valence-corrected chi connectivity index (χ0v) is 15.1. The highest BCUT2D eigenvalue weighted by Gasteiger charge is 2.28. The summed E-state index contributed by atoms with van der Waals surface area (Å²) in [7, 11) is 0. The lowest BCUT2D eigenvalue weighted by atomic mass is 9.87. The van der Waals surface area contributed by atoms with Gasteiger partial charge in [0, 0.05) is 31.0 Å². The summed E-state index contributed by atoms with van der Waals surface area (Å²) in [6, 6.07) is 19.2. The van der Waals surface area contributed by atoms with E-state index in [-0.39, 0.29) is 11.8 Å². The Morgan fingerprint density at radius 1 is 1.00 bits per heavy atom. The van der Waals surface area contributed by atoms with E-state index in [0.29, 0.717) is 18.7 Å². The second kappa shape index (κ2) is 7.76. The molecule has 1 saturated heterocycles. The molecule has 5 nitrogen and oxygen atoms in total. The zero-order chi connectivity index (χ0) is 18.6. The molecule has 1 unspecified atom stereocenters. The average molecular weight is 361 g/mol. The van der Waals surface area contributed by atoms with Crippen LogP contribution in [0.3, 0.4) is 0 Å². The van der Waals surface area contributed by atoms with Gasteiger partial charge in [-0.05, 0) is 54.7 Å². The highest BCUT2D eigenvalue weighted by atomic mass is 16.3. The molecule has 0 radical (unpaired) electrons. The van der Waals surface area contributed by atoms with Crippen molar-refractivity contribution in [3.63, 3.8) is 0 Å². The van der Waals surface area contributed by atoms with E-state index in [2.05, 4.69) is 5.10 Å². The Kier molecular flexibility index (Phi) is 5.03. The highest BCUT2D eigenvalue weighted by Crippen LogP contribution is 2.31. The number of benzene rings is 2. The first kappa shape index (κ1) is 17.5. The first-order chi connectivity index (χ1) is 13.2. The number of likely N-dealkylation sites (tertiary alicyclic amines) is 1. The lowest BCUT2D eigenvalue weighted by Gasteiger charge is -2.34. The number of nitrogens with zero attached hydrogens (tertiary/aromatic N) is 3. The molecule has 0 saturated carbocycles. The van der Waals surface area contributed by atoms with Crippen LogP contribution in [-0.2, 0) is 0 Å². The van der Waals surface area contributed by atoms with Crippen LogP contribution >= 0.6 is 0 Å². The van der Waals surface area contributed by atoms with Gasteiger partial charge in [-0.1, -0.05) is 30.3 Å². The van der Waals surface area contributed by atoms with Crippen LogP contribution in [0.5, 0.6) is 0 Å². The van der Waals surface area contributed by atoms with Gasteiger partial charge in [0.05, 0.1) is 11.8 Å². The molecule has 1 aliphatic rings. The third-order valence-electron chi connectivity index (χ3n) is 5.30. The van der Waals surface area contributed by atoms with Gasteiger partial charge in [-0.2, -0.15) is 5.10 Å². The summed E-state index contributed by atoms with van der Waals surface area (Å²) >= 11 is 0. The highest BCUT2D eigenvalue weighted by molar-refractivity contribution is 5.94. The molecule has 27 heavy (non-hydrogen) atoms. The van der Waals surface area contributed by atoms with Gasteiger partial charge < -0.3 is 10.0 Å². The minimum Gasteiger partial charge on any atom is -0.388 e. The van der Waals surface area contributed by atoms with Crippen molar-refractivity contribution < 1.29 is 9.90 Å². The van der Waals surface area contributed by atoms with Crippen LogP contribution in [0.15, 0.2) is 73.1 Å². The van der Waals surface area contributed by atoms with E-state index in [4.69, 9.17) is 0 Å². The second-order valence-corrected chi connectivity index (χ2v) is 6.98. The topological polar surface area (TPSA) is 58.4 Å².